The summed E-state index contributed by atoms with van der Waals surface area (Å²) in [5, 5.41) is 10.0. The lowest BCUT2D eigenvalue weighted by molar-refractivity contribution is 0.436. The van der Waals surface area contributed by atoms with Crippen molar-refractivity contribution in [1.82, 2.24) is 15.0 Å². The van der Waals surface area contributed by atoms with Gasteiger partial charge in [0.1, 0.15) is 11.5 Å². The molecule has 1 aromatic heterocycles. The van der Waals surface area contributed by atoms with Crippen molar-refractivity contribution in [3.8, 4) is 85.1 Å². The number of nitrogens with zero attached hydrogens (tertiary/aromatic N) is 4. The molecule has 0 saturated carbocycles. The van der Waals surface area contributed by atoms with E-state index < -0.39 is 5.41 Å². The molecule has 9 aromatic rings. The predicted molar refractivity (Wildman–Crippen MR) is 229 cm³/mol. The first kappa shape index (κ1) is 33.4. The van der Waals surface area contributed by atoms with E-state index in [1.165, 1.54) is 11.1 Å². The first-order chi connectivity index (χ1) is 28.7. The molecule has 1 aliphatic carbocycles. The number of fused-ring (bicyclic) bond motifs is 9. The van der Waals surface area contributed by atoms with Crippen molar-refractivity contribution >= 4 is 0 Å². The fraction of sp³-hybridized carbons (Fsp3) is 0.0189. The Kier molecular flexibility index (Phi) is 7.70. The molecular formula is C53H32N4O. The van der Waals surface area contributed by atoms with Gasteiger partial charge in [-0.05, 0) is 80.9 Å². The molecule has 11 rings (SSSR count). The molecule has 2 aliphatic rings. The van der Waals surface area contributed by atoms with E-state index in [1.807, 2.05) is 78.9 Å². The largest absolute Gasteiger partial charge is 0.457 e. The van der Waals surface area contributed by atoms with Crippen molar-refractivity contribution < 1.29 is 4.74 Å². The first-order valence-corrected chi connectivity index (χ1v) is 19.3. The van der Waals surface area contributed by atoms with Gasteiger partial charge in [-0.25, -0.2) is 15.0 Å². The number of rotatable bonds is 5. The predicted octanol–water partition coefficient (Wildman–Crippen LogP) is 12.5. The second-order valence-corrected chi connectivity index (χ2v) is 14.7. The molecule has 2 heterocycles. The summed E-state index contributed by atoms with van der Waals surface area (Å²) < 4.78 is 6.79. The number of hydrogen-bond acceptors (Lipinski definition) is 5. The van der Waals surface area contributed by atoms with Crippen LogP contribution in [-0.2, 0) is 5.41 Å². The fourth-order valence-corrected chi connectivity index (χ4v) is 8.81. The van der Waals surface area contributed by atoms with Gasteiger partial charge in [-0.15, -0.1) is 0 Å². The third-order valence-electron chi connectivity index (χ3n) is 11.4. The molecule has 0 amide bonds. The number of para-hydroxylation sites is 1. The SMILES string of the molecule is N#Cc1ccc2c(c1)C1(c3ccccc3Oc3cc(-c4cccc(-c5cccc(-c6nc(-c7ccccc7)nc(-c7ccccc7)n6)c5)c4)ccc31)c1ccccc1-2. The van der Waals surface area contributed by atoms with Crippen LogP contribution in [0.2, 0.25) is 0 Å². The van der Waals surface area contributed by atoms with Gasteiger partial charge < -0.3 is 4.74 Å². The second kappa shape index (κ2) is 13.4. The van der Waals surface area contributed by atoms with Crippen LogP contribution >= 0.6 is 0 Å². The molecule has 5 nitrogen and oxygen atoms in total. The van der Waals surface area contributed by atoms with E-state index in [2.05, 4.69) is 121 Å². The van der Waals surface area contributed by atoms with Crippen LogP contribution in [0.25, 0.3) is 67.5 Å². The van der Waals surface area contributed by atoms with E-state index >= 15 is 0 Å². The van der Waals surface area contributed by atoms with Crippen molar-refractivity contribution in [2.75, 3.05) is 0 Å². The zero-order valence-electron chi connectivity index (χ0n) is 31.2. The summed E-state index contributed by atoms with van der Waals surface area (Å²) in [7, 11) is 0. The molecule has 1 aliphatic heterocycles. The number of hydrogen-bond donors (Lipinski definition) is 0. The molecule has 5 heteroatoms. The maximum absolute atomic E-state index is 10.0. The Balaban J connectivity index is 1.01. The van der Waals surface area contributed by atoms with Gasteiger partial charge in [0.15, 0.2) is 17.5 Å². The minimum atomic E-state index is -0.639. The van der Waals surface area contributed by atoms with Crippen LogP contribution in [0.4, 0.5) is 0 Å². The van der Waals surface area contributed by atoms with Crippen LogP contribution in [0.15, 0.2) is 194 Å². The molecule has 8 aromatic carbocycles. The maximum atomic E-state index is 10.0. The Morgan fingerprint density at radius 3 is 1.53 bits per heavy atom. The summed E-state index contributed by atoms with van der Waals surface area (Å²) in [5.41, 5.74) is 13.7. The average molecular weight is 741 g/mol. The molecule has 0 bridgehead atoms. The summed E-state index contributed by atoms with van der Waals surface area (Å²) in [4.78, 5) is 14.8. The molecule has 1 spiro atoms. The standard InChI is InChI=1S/C53H32N4O/c54-33-34-25-27-43-42-21-7-8-22-44(42)53(47(43)29-34)45-23-9-10-24-48(45)58-49-32-40(26-28-46(49)53)38-18-11-17-37(30-38)39-19-12-20-41(31-39)52-56-50(35-13-3-1-4-14-35)55-51(57-52)36-15-5-2-6-16-36/h1-32H. The van der Waals surface area contributed by atoms with Crippen molar-refractivity contribution in [3.63, 3.8) is 0 Å². The highest BCUT2D eigenvalue weighted by atomic mass is 16.5. The second-order valence-electron chi connectivity index (χ2n) is 14.7. The Morgan fingerprint density at radius 1 is 0.362 bits per heavy atom. The molecule has 0 radical (unpaired) electrons. The lowest BCUT2D eigenvalue weighted by Gasteiger charge is -2.39. The van der Waals surface area contributed by atoms with Gasteiger partial charge in [-0.3, -0.25) is 0 Å². The summed E-state index contributed by atoms with van der Waals surface area (Å²) in [5.74, 6) is 3.49. The molecule has 0 fully saturated rings. The topological polar surface area (TPSA) is 71.7 Å². The van der Waals surface area contributed by atoms with Crippen molar-refractivity contribution in [2.45, 2.75) is 5.41 Å². The van der Waals surface area contributed by atoms with Crippen LogP contribution in [0, 0.1) is 11.3 Å². The monoisotopic (exact) mass is 740 g/mol. The third-order valence-corrected chi connectivity index (χ3v) is 11.4. The molecule has 1 atom stereocenters. The molecule has 58 heavy (non-hydrogen) atoms. The van der Waals surface area contributed by atoms with Gasteiger partial charge in [-0.1, -0.05) is 158 Å². The highest BCUT2D eigenvalue weighted by Gasteiger charge is 2.51. The van der Waals surface area contributed by atoms with Gasteiger partial charge in [-0.2, -0.15) is 5.26 Å². The lowest BCUT2D eigenvalue weighted by atomic mass is 9.66. The Morgan fingerprint density at radius 2 is 0.862 bits per heavy atom. The summed E-state index contributed by atoms with van der Waals surface area (Å²) in [6.07, 6.45) is 0. The normalized spacial score (nSPS) is 14.4. The van der Waals surface area contributed by atoms with E-state index in [9.17, 15) is 5.26 Å². The Bertz CT molecular complexity index is 3060. The van der Waals surface area contributed by atoms with Gasteiger partial charge >= 0.3 is 0 Å². The molecule has 270 valence electrons. The number of nitriles is 1. The van der Waals surface area contributed by atoms with E-state index in [0.29, 0.717) is 23.0 Å². The summed E-state index contributed by atoms with van der Waals surface area (Å²) >= 11 is 0. The number of aromatic nitrogens is 3. The summed E-state index contributed by atoms with van der Waals surface area (Å²) in [6, 6.07) is 69.0. The summed E-state index contributed by atoms with van der Waals surface area (Å²) in [6.45, 7) is 0. The van der Waals surface area contributed by atoms with Crippen LogP contribution in [0.1, 0.15) is 27.8 Å². The zero-order chi connectivity index (χ0) is 38.6. The van der Waals surface area contributed by atoms with Crippen molar-refractivity contribution in [3.05, 3.63) is 222 Å². The van der Waals surface area contributed by atoms with Gasteiger partial charge in [0.05, 0.1) is 17.0 Å². The van der Waals surface area contributed by atoms with Crippen molar-refractivity contribution in [2.24, 2.45) is 0 Å². The molecule has 1 unspecified atom stereocenters. The minimum Gasteiger partial charge on any atom is -0.457 e. The van der Waals surface area contributed by atoms with Crippen LogP contribution in [0.5, 0.6) is 11.5 Å². The number of benzene rings is 8. The maximum Gasteiger partial charge on any atom is 0.164 e. The van der Waals surface area contributed by atoms with Gasteiger partial charge in [0.25, 0.3) is 0 Å². The molecule has 0 N–H and O–H groups in total. The number of ether oxygens (including phenoxy) is 1. The Hall–Kier alpha value is -7.94. The molecular weight excluding hydrogens is 709 g/mol. The van der Waals surface area contributed by atoms with E-state index in [4.69, 9.17) is 19.7 Å². The fourth-order valence-electron chi connectivity index (χ4n) is 8.81. The van der Waals surface area contributed by atoms with Crippen molar-refractivity contribution in [1.29, 1.82) is 5.26 Å². The molecule has 0 saturated heterocycles. The van der Waals surface area contributed by atoms with E-state index in [-0.39, 0.29) is 0 Å². The van der Waals surface area contributed by atoms with Crippen LogP contribution in [-0.4, -0.2) is 15.0 Å². The quantitative estimate of drug-likeness (QED) is 0.176. The average Bonchev–Trinajstić information content (AvgIpc) is 3.59. The van der Waals surface area contributed by atoms with E-state index in [1.54, 1.807) is 0 Å². The van der Waals surface area contributed by atoms with Gasteiger partial charge in [0, 0.05) is 27.8 Å². The Labute approximate surface area is 336 Å². The highest BCUT2D eigenvalue weighted by Crippen LogP contribution is 2.62. The van der Waals surface area contributed by atoms with Gasteiger partial charge in [0.2, 0.25) is 0 Å². The highest BCUT2D eigenvalue weighted by molar-refractivity contribution is 5.89. The minimum absolute atomic E-state index is 0.615. The van der Waals surface area contributed by atoms with Crippen LogP contribution in [0.3, 0.4) is 0 Å². The third kappa shape index (κ3) is 5.27. The lowest BCUT2D eigenvalue weighted by Crippen LogP contribution is -2.32. The first-order valence-electron chi connectivity index (χ1n) is 19.3. The zero-order valence-corrected chi connectivity index (χ0v) is 31.2. The smallest absolute Gasteiger partial charge is 0.164 e. The van der Waals surface area contributed by atoms with Crippen LogP contribution < -0.4 is 4.74 Å². The van der Waals surface area contributed by atoms with E-state index in [0.717, 1.165) is 72.7 Å².